The van der Waals surface area contributed by atoms with Crippen LogP contribution in [0.2, 0.25) is 0 Å². The van der Waals surface area contributed by atoms with Crippen LogP contribution in [-0.4, -0.2) is 50.3 Å². The fourth-order valence-corrected chi connectivity index (χ4v) is 3.64. The molecule has 0 aromatic carbocycles. The van der Waals surface area contributed by atoms with Gasteiger partial charge >= 0.3 is 0 Å². The molecule has 15 heavy (non-hydrogen) atoms. The molecule has 0 heterocycles. The van der Waals surface area contributed by atoms with Crippen LogP contribution in [0.15, 0.2) is 0 Å². The third-order valence-corrected chi connectivity index (χ3v) is 4.58. The van der Waals surface area contributed by atoms with Crippen LogP contribution in [0.25, 0.3) is 0 Å². The molecular formula is C10H20BrNO2S. The molecule has 0 spiro atoms. The fourth-order valence-electron chi connectivity index (χ4n) is 1.93. The molecule has 0 amide bonds. The van der Waals surface area contributed by atoms with Gasteiger partial charge in [-0.2, -0.15) is 0 Å². The lowest BCUT2D eigenvalue weighted by atomic mass is 9.85. The van der Waals surface area contributed by atoms with Crippen molar-refractivity contribution in [2.45, 2.75) is 24.1 Å². The van der Waals surface area contributed by atoms with Gasteiger partial charge in [-0.05, 0) is 38.8 Å². The average Bonchev–Trinajstić information content (AvgIpc) is 1.98. The molecule has 1 rings (SSSR count). The van der Waals surface area contributed by atoms with Crippen molar-refractivity contribution in [3.8, 4) is 0 Å². The van der Waals surface area contributed by atoms with Gasteiger partial charge in [0.1, 0.15) is 9.84 Å². The number of rotatable bonds is 6. The summed E-state index contributed by atoms with van der Waals surface area (Å²) in [6.45, 7) is 1.99. The van der Waals surface area contributed by atoms with Crippen molar-refractivity contribution in [1.29, 1.82) is 0 Å². The van der Waals surface area contributed by atoms with Crippen LogP contribution in [0.5, 0.6) is 0 Å². The average molecular weight is 298 g/mol. The van der Waals surface area contributed by atoms with E-state index in [0.29, 0.717) is 10.6 Å². The molecule has 3 nitrogen and oxygen atoms in total. The van der Waals surface area contributed by atoms with Crippen LogP contribution in [0, 0.1) is 5.92 Å². The van der Waals surface area contributed by atoms with E-state index in [0.717, 1.165) is 25.4 Å². The molecular weight excluding hydrogens is 278 g/mol. The smallest absolute Gasteiger partial charge is 0.147 e. The van der Waals surface area contributed by atoms with Crippen LogP contribution in [0.4, 0.5) is 0 Å². The maximum absolute atomic E-state index is 10.9. The number of sulfone groups is 1. The van der Waals surface area contributed by atoms with Crippen molar-refractivity contribution in [2.75, 3.05) is 32.1 Å². The van der Waals surface area contributed by atoms with E-state index < -0.39 is 9.84 Å². The van der Waals surface area contributed by atoms with Gasteiger partial charge in [0, 0.05) is 17.6 Å². The van der Waals surface area contributed by atoms with Gasteiger partial charge in [0.05, 0.1) is 5.75 Å². The van der Waals surface area contributed by atoms with Crippen LogP contribution < -0.4 is 0 Å². The number of hydrogen-bond acceptors (Lipinski definition) is 3. The first-order valence-corrected chi connectivity index (χ1v) is 8.35. The molecule has 0 aliphatic heterocycles. The summed E-state index contributed by atoms with van der Waals surface area (Å²) < 4.78 is 21.8. The normalized spacial score (nSPS) is 26.7. The highest BCUT2D eigenvalue weighted by Gasteiger charge is 2.27. The largest absolute Gasteiger partial charge is 0.306 e. The quantitative estimate of drug-likeness (QED) is 0.698. The van der Waals surface area contributed by atoms with Gasteiger partial charge in [0.25, 0.3) is 0 Å². The van der Waals surface area contributed by atoms with E-state index >= 15 is 0 Å². The predicted octanol–water partition coefficient (Wildman–Crippen LogP) is 1.53. The van der Waals surface area contributed by atoms with E-state index in [-0.39, 0.29) is 0 Å². The van der Waals surface area contributed by atoms with Gasteiger partial charge in [-0.3, -0.25) is 0 Å². The van der Waals surface area contributed by atoms with Crippen molar-refractivity contribution in [1.82, 2.24) is 4.90 Å². The van der Waals surface area contributed by atoms with E-state index in [1.165, 1.54) is 19.1 Å². The minimum Gasteiger partial charge on any atom is -0.306 e. The first-order valence-electron chi connectivity index (χ1n) is 5.37. The topological polar surface area (TPSA) is 37.4 Å². The summed E-state index contributed by atoms with van der Waals surface area (Å²) in [5.74, 6) is 1.11. The van der Waals surface area contributed by atoms with Crippen LogP contribution in [0.1, 0.15) is 19.3 Å². The summed E-state index contributed by atoms with van der Waals surface area (Å²) in [6.07, 6.45) is 4.57. The van der Waals surface area contributed by atoms with E-state index in [2.05, 4.69) is 27.9 Å². The maximum atomic E-state index is 10.9. The molecule has 0 atom stereocenters. The van der Waals surface area contributed by atoms with Gasteiger partial charge in [0.15, 0.2) is 0 Å². The number of nitrogens with zero attached hydrogens (tertiary/aromatic N) is 1. The van der Waals surface area contributed by atoms with Crippen molar-refractivity contribution >= 4 is 25.8 Å². The molecule has 0 aromatic heterocycles. The van der Waals surface area contributed by atoms with Gasteiger partial charge < -0.3 is 4.90 Å². The maximum Gasteiger partial charge on any atom is 0.147 e. The Morgan fingerprint density at radius 1 is 1.40 bits per heavy atom. The Morgan fingerprint density at radius 3 is 2.47 bits per heavy atom. The zero-order chi connectivity index (χ0) is 11.5. The Labute approximate surface area is 101 Å². The molecule has 0 N–H and O–H groups in total. The predicted molar refractivity (Wildman–Crippen MR) is 67.3 cm³/mol. The summed E-state index contributed by atoms with van der Waals surface area (Å²) in [5.41, 5.74) is 0. The van der Waals surface area contributed by atoms with Crippen molar-refractivity contribution in [3.63, 3.8) is 0 Å². The lowest BCUT2D eigenvalue weighted by Crippen LogP contribution is -2.35. The van der Waals surface area contributed by atoms with Crippen LogP contribution in [-0.2, 0) is 9.84 Å². The van der Waals surface area contributed by atoms with Crippen LogP contribution in [0.3, 0.4) is 0 Å². The molecule has 1 fully saturated rings. The lowest BCUT2D eigenvalue weighted by molar-refractivity contribution is 0.214. The van der Waals surface area contributed by atoms with Gasteiger partial charge in [-0.1, -0.05) is 15.9 Å². The number of halogens is 1. The zero-order valence-electron chi connectivity index (χ0n) is 9.45. The summed E-state index contributed by atoms with van der Waals surface area (Å²) in [7, 11) is -0.710. The second-order valence-corrected chi connectivity index (χ2v) is 8.24. The minimum atomic E-state index is -2.78. The van der Waals surface area contributed by atoms with Gasteiger partial charge in [0.2, 0.25) is 0 Å². The van der Waals surface area contributed by atoms with E-state index in [1.54, 1.807) is 0 Å². The highest BCUT2D eigenvalue weighted by atomic mass is 79.9. The summed E-state index contributed by atoms with van der Waals surface area (Å²) in [4.78, 5) is 2.96. The molecule has 90 valence electrons. The highest BCUT2D eigenvalue weighted by molar-refractivity contribution is 9.09. The third kappa shape index (κ3) is 5.88. The Balaban J connectivity index is 2.06. The molecule has 1 aliphatic carbocycles. The molecule has 0 bridgehead atoms. The Bertz CT molecular complexity index is 286. The third-order valence-electron chi connectivity index (χ3n) is 2.80. The Hall–Kier alpha value is 0.390. The standard InChI is InChI=1S/C10H20BrNO2S/c1-12(4-3-5-15(2,13)14)8-9-6-10(11)7-9/h9-10H,3-8H2,1-2H3. The molecule has 1 saturated carbocycles. The minimum absolute atomic E-state index is 0.309. The summed E-state index contributed by atoms with van der Waals surface area (Å²) in [6, 6.07) is 0. The molecule has 5 heteroatoms. The van der Waals surface area contributed by atoms with Crippen LogP contribution >= 0.6 is 15.9 Å². The summed E-state index contributed by atoms with van der Waals surface area (Å²) in [5, 5.41) is 0. The first-order chi connectivity index (χ1) is 6.87. The van der Waals surface area contributed by atoms with Crippen molar-refractivity contribution in [3.05, 3.63) is 0 Å². The van der Waals surface area contributed by atoms with Crippen molar-refractivity contribution < 1.29 is 8.42 Å². The SMILES string of the molecule is CN(CCCS(C)(=O)=O)CC1CC(Br)C1. The van der Waals surface area contributed by atoms with Crippen molar-refractivity contribution in [2.24, 2.45) is 5.92 Å². The first kappa shape index (κ1) is 13.5. The molecule has 0 radical (unpaired) electrons. The zero-order valence-corrected chi connectivity index (χ0v) is 11.8. The molecule has 0 unspecified atom stereocenters. The summed E-state index contributed by atoms with van der Waals surface area (Å²) >= 11 is 3.57. The Morgan fingerprint density at radius 2 is 2.00 bits per heavy atom. The second kappa shape index (κ2) is 5.64. The van der Waals surface area contributed by atoms with Gasteiger partial charge in [-0.15, -0.1) is 0 Å². The lowest BCUT2D eigenvalue weighted by Gasteiger charge is -2.34. The molecule has 0 aromatic rings. The monoisotopic (exact) mass is 297 g/mol. The number of hydrogen-bond donors (Lipinski definition) is 0. The van der Waals surface area contributed by atoms with Gasteiger partial charge in [-0.25, -0.2) is 8.42 Å². The fraction of sp³-hybridized carbons (Fsp3) is 1.00. The van der Waals surface area contributed by atoms with E-state index in [4.69, 9.17) is 0 Å². The Kier molecular flexibility index (Phi) is 5.06. The second-order valence-electron chi connectivity index (χ2n) is 4.68. The highest BCUT2D eigenvalue weighted by Crippen LogP contribution is 2.33. The molecule has 0 saturated heterocycles. The van der Waals surface area contributed by atoms with E-state index in [1.807, 2.05) is 0 Å². The van der Waals surface area contributed by atoms with E-state index in [9.17, 15) is 8.42 Å². The molecule has 1 aliphatic rings. The number of alkyl halides is 1.